The number of hydrogen-bond donors (Lipinski definition) is 2. The van der Waals surface area contributed by atoms with Gasteiger partial charge in [-0.1, -0.05) is 35.3 Å². The second-order valence-electron chi connectivity index (χ2n) is 9.73. The highest BCUT2D eigenvalue weighted by Gasteiger charge is 2.23. The number of benzene rings is 3. The summed E-state index contributed by atoms with van der Waals surface area (Å²) < 4.78 is 12.6. The molecule has 1 amide bonds. The largest absolute Gasteiger partial charge is 0.481 e. The fourth-order valence-electron chi connectivity index (χ4n) is 4.50. The van der Waals surface area contributed by atoms with Gasteiger partial charge in [-0.05, 0) is 79.9 Å². The lowest BCUT2D eigenvalue weighted by molar-refractivity contribution is -0.137. The van der Waals surface area contributed by atoms with E-state index >= 15 is 0 Å². The molecule has 0 saturated heterocycles. The molecule has 43 heavy (non-hydrogen) atoms. The number of nitrogens with zero attached hydrogens (tertiary/aromatic N) is 2. The third-order valence-electron chi connectivity index (χ3n) is 6.67. The molecule has 0 radical (unpaired) electrons. The van der Waals surface area contributed by atoms with Gasteiger partial charge in [0.1, 0.15) is 17.3 Å². The normalized spacial score (nSPS) is 11.5. The summed E-state index contributed by atoms with van der Waals surface area (Å²) in [6.07, 6.45) is 2.52. The number of ether oxygens (including phenoxy) is 2. The molecule has 1 heterocycles. The minimum absolute atomic E-state index is 0.0764. The molecule has 11 heteroatoms. The molecule has 0 saturated carbocycles. The lowest BCUT2D eigenvalue weighted by atomic mass is 10.0. The first-order chi connectivity index (χ1) is 20.7. The number of halogens is 2. The Hall–Kier alpha value is -4.34. The number of carbonyl (C=O) groups excluding carboxylic acids is 2. The van der Waals surface area contributed by atoms with Crippen LogP contribution < -0.4 is 10.1 Å². The molecule has 3 aromatic carbocycles. The lowest BCUT2D eigenvalue weighted by Crippen LogP contribution is -2.32. The summed E-state index contributed by atoms with van der Waals surface area (Å²) in [6.45, 7) is 2.58. The smallest absolute Gasteiger partial charge is 0.337 e. The fraction of sp³-hybridized carbons (Fsp3) is 0.250. The average Bonchev–Trinajstić information content (AvgIpc) is 3.42. The molecule has 224 valence electrons. The third kappa shape index (κ3) is 8.59. The van der Waals surface area contributed by atoms with Crippen molar-refractivity contribution in [3.63, 3.8) is 0 Å². The number of carboxylic acid groups (broad SMARTS) is 1. The van der Waals surface area contributed by atoms with Crippen LogP contribution in [0.5, 0.6) is 11.5 Å². The van der Waals surface area contributed by atoms with Crippen molar-refractivity contribution in [2.75, 3.05) is 7.11 Å². The van der Waals surface area contributed by atoms with Crippen LogP contribution in [0.25, 0.3) is 11.3 Å². The maximum absolute atomic E-state index is 12.9. The maximum atomic E-state index is 12.9. The van der Waals surface area contributed by atoms with Gasteiger partial charge in [-0.25, -0.2) is 9.78 Å². The number of amides is 1. The molecule has 0 aliphatic carbocycles. The van der Waals surface area contributed by atoms with Gasteiger partial charge < -0.3 is 24.5 Å². The Morgan fingerprint density at radius 3 is 2.26 bits per heavy atom. The van der Waals surface area contributed by atoms with Gasteiger partial charge in [0, 0.05) is 36.2 Å². The van der Waals surface area contributed by atoms with Crippen molar-refractivity contribution < 1.29 is 29.0 Å². The van der Waals surface area contributed by atoms with Crippen LogP contribution in [0.1, 0.15) is 54.0 Å². The second kappa shape index (κ2) is 14.7. The van der Waals surface area contributed by atoms with Crippen LogP contribution in [0.15, 0.2) is 72.9 Å². The van der Waals surface area contributed by atoms with Gasteiger partial charge >= 0.3 is 11.9 Å². The average molecular weight is 625 g/mol. The van der Waals surface area contributed by atoms with E-state index in [0.29, 0.717) is 57.2 Å². The number of carbonyl (C=O) groups is 3. The number of methoxy groups -OCH3 is 1. The molecule has 1 atom stereocenters. The quantitative estimate of drug-likeness (QED) is 0.152. The Kier molecular flexibility index (Phi) is 10.8. The van der Waals surface area contributed by atoms with Crippen LogP contribution in [0.4, 0.5) is 0 Å². The highest BCUT2D eigenvalue weighted by atomic mass is 35.5. The number of nitrogens with one attached hydrogen (secondary N) is 1. The van der Waals surface area contributed by atoms with Gasteiger partial charge in [0.15, 0.2) is 0 Å². The number of aryl methyl sites for hydroxylation is 1. The molecular formula is C32H31Cl2N3O6. The first kappa shape index (κ1) is 31.6. The number of imidazole rings is 1. The summed E-state index contributed by atoms with van der Waals surface area (Å²) in [6, 6.07) is 18.8. The predicted molar refractivity (Wildman–Crippen MR) is 164 cm³/mol. The van der Waals surface area contributed by atoms with Crippen LogP contribution in [0.2, 0.25) is 10.0 Å². The van der Waals surface area contributed by atoms with Crippen LogP contribution in [0, 0.1) is 0 Å². The number of hydrogen-bond acceptors (Lipinski definition) is 6. The first-order valence-corrected chi connectivity index (χ1v) is 14.4. The van der Waals surface area contributed by atoms with E-state index in [-0.39, 0.29) is 25.2 Å². The van der Waals surface area contributed by atoms with Gasteiger partial charge in [0.25, 0.3) is 0 Å². The Labute approximate surface area is 259 Å². The van der Waals surface area contributed by atoms with Crippen molar-refractivity contribution >= 4 is 41.0 Å². The van der Waals surface area contributed by atoms with Crippen molar-refractivity contribution in [2.45, 2.75) is 45.2 Å². The number of aliphatic carboxylic acids is 1. The first-order valence-electron chi connectivity index (χ1n) is 13.7. The Morgan fingerprint density at radius 1 is 0.977 bits per heavy atom. The minimum atomic E-state index is -0.947. The van der Waals surface area contributed by atoms with Gasteiger partial charge in [0.05, 0.1) is 29.4 Å². The minimum Gasteiger partial charge on any atom is -0.481 e. The summed E-state index contributed by atoms with van der Waals surface area (Å²) in [4.78, 5) is 40.4. The highest BCUT2D eigenvalue weighted by Crippen LogP contribution is 2.32. The van der Waals surface area contributed by atoms with Gasteiger partial charge in [-0.15, -0.1) is 0 Å². The summed E-state index contributed by atoms with van der Waals surface area (Å²) >= 11 is 12.5. The number of aromatic nitrogens is 2. The Morgan fingerprint density at radius 2 is 1.65 bits per heavy atom. The Balaban J connectivity index is 1.56. The zero-order chi connectivity index (χ0) is 30.9. The maximum Gasteiger partial charge on any atom is 0.337 e. The SMILES string of the molecule is CCn1cc(-c2ccc(Cl)cc2Cl)nc1[C@H](Cc1ccc(Oc2ccc(C(=O)OC)cc2)cc1)NC(=O)CCCC(=O)O. The van der Waals surface area contributed by atoms with Crippen LogP contribution in [-0.2, 0) is 27.3 Å². The molecule has 4 aromatic rings. The lowest BCUT2D eigenvalue weighted by Gasteiger charge is -2.20. The Bertz CT molecular complexity index is 1590. The van der Waals surface area contributed by atoms with Crippen molar-refractivity contribution in [3.05, 3.63) is 99.9 Å². The summed E-state index contributed by atoms with van der Waals surface area (Å²) in [7, 11) is 1.33. The van der Waals surface area contributed by atoms with Crippen LogP contribution in [0.3, 0.4) is 0 Å². The monoisotopic (exact) mass is 623 g/mol. The molecule has 4 rings (SSSR count). The summed E-state index contributed by atoms with van der Waals surface area (Å²) in [5.41, 5.74) is 2.70. The summed E-state index contributed by atoms with van der Waals surface area (Å²) in [5, 5.41) is 13.0. The van der Waals surface area contributed by atoms with Crippen molar-refractivity contribution in [3.8, 4) is 22.8 Å². The predicted octanol–water partition coefficient (Wildman–Crippen LogP) is 7.11. The van der Waals surface area contributed by atoms with E-state index in [9.17, 15) is 14.4 Å². The van der Waals surface area contributed by atoms with Gasteiger partial charge in [-0.2, -0.15) is 0 Å². The zero-order valence-electron chi connectivity index (χ0n) is 23.7. The van der Waals surface area contributed by atoms with Gasteiger partial charge in [-0.3, -0.25) is 9.59 Å². The molecule has 9 nitrogen and oxygen atoms in total. The van der Waals surface area contributed by atoms with Crippen molar-refractivity contribution in [1.29, 1.82) is 0 Å². The van der Waals surface area contributed by atoms with E-state index in [1.807, 2.05) is 42.0 Å². The number of rotatable bonds is 13. The topological polar surface area (TPSA) is 120 Å². The summed E-state index contributed by atoms with van der Waals surface area (Å²) in [5.74, 6) is 0.159. The molecule has 0 fully saturated rings. The van der Waals surface area contributed by atoms with Crippen molar-refractivity contribution in [2.24, 2.45) is 0 Å². The molecule has 0 aliphatic rings. The van der Waals surface area contributed by atoms with E-state index < -0.39 is 18.0 Å². The van der Waals surface area contributed by atoms with E-state index in [1.54, 1.807) is 42.5 Å². The van der Waals surface area contributed by atoms with E-state index in [1.165, 1.54) is 7.11 Å². The molecule has 0 aliphatic heterocycles. The standard InChI is InChI=1S/C32H31Cl2N3O6/c1-3-37-19-28(25-16-11-22(33)18-26(25)34)36-31(37)27(35-29(38)5-4-6-30(39)40)17-20-7-12-23(13-8-20)43-24-14-9-21(10-15-24)32(41)42-2/h7-16,18-19,27H,3-6,17H2,1-2H3,(H,35,38)(H,39,40)/t27-/m0/s1. The van der Waals surface area contributed by atoms with E-state index in [2.05, 4.69) is 5.32 Å². The molecule has 1 aromatic heterocycles. The highest BCUT2D eigenvalue weighted by molar-refractivity contribution is 6.36. The molecular weight excluding hydrogens is 593 g/mol. The van der Waals surface area contributed by atoms with E-state index in [4.69, 9.17) is 42.8 Å². The fourth-order valence-corrected chi connectivity index (χ4v) is 5.01. The zero-order valence-corrected chi connectivity index (χ0v) is 25.2. The van der Waals surface area contributed by atoms with Gasteiger partial charge in [0.2, 0.25) is 5.91 Å². The number of carboxylic acids is 1. The van der Waals surface area contributed by atoms with Crippen LogP contribution in [-0.4, -0.2) is 39.6 Å². The second-order valence-corrected chi connectivity index (χ2v) is 10.6. The number of esters is 1. The van der Waals surface area contributed by atoms with Crippen molar-refractivity contribution in [1.82, 2.24) is 14.9 Å². The third-order valence-corrected chi connectivity index (χ3v) is 7.22. The molecule has 0 unspecified atom stereocenters. The van der Waals surface area contributed by atoms with Crippen LogP contribution >= 0.6 is 23.2 Å². The molecule has 0 spiro atoms. The molecule has 0 bridgehead atoms. The molecule has 2 N–H and O–H groups in total. The van der Waals surface area contributed by atoms with E-state index in [0.717, 1.165) is 5.56 Å².